The lowest BCUT2D eigenvalue weighted by atomic mass is 9.99. The van der Waals surface area contributed by atoms with Gasteiger partial charge in [-0.2, -0.15) is 0 Å². The largest absolute Gasteiger partial charge is 0.480 e. The predicted octanol–water partition coefficient (Wildman–Crippen LogP) is 1.83. The molecule has 0 saturated carbocycles. The summed E-state index contributed by atoms with van der Waals surface area (Å²) in [6.07, 6.45) is 0.684. The van der Waals surface area contributed by atoms with Crippen molar-refractivity contribution in [2.75, 3.05) is 13.6 Å². The van der Waals surface area contributed by atoms with Crippen molar-refractivity contribution >= 4 is 17.9 Å². The molecule has 1 rings (SSSR count). The number of hydrogen-bond donors (Lipinski definition) is 3. The molecule has 0 aliphatic heterocycles. The lowest BCUT2D eigenvalue weighted by Crippen LogP contribution is -2.46. The number of carboxylic acid groups (broad SMARTS) is 1. The van der Waals surface area contributed by atoms with Crippen LogP contribution >= 0.6 is 0 Å². The lowest BCUT2D eigenvalue weighted by molar-refractivity contribution is -0.143. The van der Waals surface area contributed by atoms with Crippen LogP contribution in [-0.4, -0.2) is 47.5 Å². The molecule has 0 aromatic heterocycles. The third kappa shape index (κ3) is 7.24. The summed E-state index contributed by atoms with van der Waals surface area (Å²) in [6, 6.07) is 8.38. The lowest BCUT2D eigenvalue weighted by Gasteiger charge is -2.21. The van der Waals surface area contributed by atoms with E-state index in [9.17, 15) is 14.4 Å². The number of hydrogen-bond acceptors (Lipinski definition) is 3. The van der Waals surface area contributed by atoms with Gasteiger partial charge >= 0.3 is 12.0 Å². The van der Waals surface area contributed by atoms with Gasteiger partial charge in [0.2, 0.25) is 5.91 Å². The van der Waals surface area contributed by atoms with Gasteiger partial charge in [0.25, 0.3) is 0 Å². The van der Waals surface area contributed by atoms with E-state index in [1.165, 1.54) is 4.90 Å². The number of carboxylic acids is 1. The maximum Gasteiger partial charge on any atom is 0.326 e. The summed E-state index contributed by atoms with van der Waals surface area (Å²) in [5.74, 6) is -1.60. The van der Waals surface area contributed by atoms with Crippen molar-refractivity contribution in [1.82, 2.24) is 15.5 Å². The Balaban J connectivity index is 2.36. The molecule has 0 saturated heterocycles. The molecule has 0 unspecified atom stereocenters. The normalized spacial score (nSPS) is 12.8. The highest BCUT2D eigenvalue weighted by atomic mass is 16.4. The van der Waals surface area contributed by atoms with E-state index < -0.39 is 17.9 Å². The Morgan fingerprint density at radius 3 is 2.40 bits per heavy atom. The van der Waals surface area contributed by atoms with Gasteiger partial charge in [0.15, 0.2) is 0 Å². The molecule has 3 N–H and O–H groups in total. The highest BCUT2D eigenvalue weighted by Gasteiger charge is 2.25. The van der Waals surface area contributed by atoms with Crippen molar-refractivity contribution in [1.29, 1.82) is 0 Å². The summed E-state index contributed by atoms with van der Waals surface area (Å²) in [5, 5.41) is 14.3. The SMILES string of the molecule is CC[C@H](C)[C@H](NC(=O)CCNC(=O)N(C)Cc1ccccc1)C(=O)O. The van der Waals surface area contributed by atoms with Gasteiger partial charge in [0.1, 0.15) is 6.04 Å². The van der Waals surface area contributed by atoms with Crippen LogP contribution in [-0.2, 0) is 16.1 Å². The third-order valence-electron chi connectivity index (χ3n) is 4.03. The number of carbonyl (C=O) groups is 3. The highest BCUT2D eigenvalue weighted by molar-refractivity contribution is 5.84. The van der Waals surface area contributed by atoms with E-state index in [-0.39, 0.29) is 24.9 Å². The topological polar surface area (TPSA) is 98.7 Å². The molecule has 138 valence electrons. The van der Waals surface area contributed by atoms with Crippen molar-refractivity contribution < 1.29 is 19.5 Å². The van der Waals surface area contributed by atoms with Crippen LogP contribution in [0.15, 0.2) is 30.3 Å². The molecule has 0 aliphatic carbocycles. The summed E-state index contributed by atoms with van der Waals surface area (Å²) in [5.41, 5.74) is 1.01. The van der Waals surface area contributed by atoms with Gasteiger partial charge in [-0.1, -0.05) is 50.6 Å². The smallest absolute Gasteiger partial charge is 0.326 e. The van der Waals surface area contributed by atoms with Crippen molar-refractivity contribution in [2.24, 2.45) is 5.92 Å². The fourth-order valence-corrected chi connectivity index (χ4v) is 2.28. The van der Waals surface area contributed by atoms with Crippen molar-refractivity contribution in [2.45, 2.75) is 39.3 Å². The first-order valence-electron chi connectivity index (χ1n) is 8.40. The van der Waals surface area contributed by atoms with E-state index in [2.05, 4.69) is 10.6 Å². The highest BCUT2D eigenvalue weighted by Crippen LogP contribution is 2.08. The van der Waals surface area contributed by atoms with E-state index in [0.29, 0.717) is 13.0 Å². The Bertz CT molecular complexity index is 577. The van der Waals surface area contributed by atoms with Crippen LogP contribution in [0.5, 0.6) is 0 Å². The molecule has 0 fully saturated rings. The number of nitrogens with zero attached hydrogens (tertiary/aromatic N) is 1. The Morgan fingerprint density at radius 1 is 1.20 bits per heavy atom. The second kappa shape index (κ2) is 10.3. The zero-order valence-corrected chi connectivity index (χ0v) is 15.0. The van der Waals surface area contributed by atoms with Gasteiger partial charge in [-0.05, 0) is 11.5 Å². The first-order chi connectivity index (χ1) is 11.8. The number of benzene rings is 1. The summed E-state index contributed by atoms with van der Waals surface area (Å²) in [6.45, 7) is 4.26. The Hall–Kier alpha value is -2.57. The number of urea groups is 1. The number of nitrogens with one attached hydrogen (secondary N) is 2. The maximum absolute atomic E-state index is 12.0. The van der Waals surface area contributed by atoms with Crippen molar-refractivity contribution in [3.8, 4) is 0 Å². The zero-order chi connectivity index (χ0) is 18.8. The standard InChI is InChI=1S/C18H27N3O4/c1-4-13(2)16(17(23)24)20-15(22)10-11-19-18(25)21(3)12-14-8-6-5-7-9-14/h5-9,13,16H,4,10-12H2,1-3H3,(H,19,25)(H,20,22)(H,23,24)/t13-,16-/m0/s1. The van der Waals surface area contributed by atoms with Gasteiger partial charge in [-0.25, -0.2) is 9.59 Å². The average Bonchev–Trinajstić information content (AvgIpc) is 2.59. The van der Waals surface area contributed by atoms with Gasteiger partial charge in [0.05, 0.1) is 0 Å². The number of rotatable bonds is 9. The van der Waals surface area contributed by atoms with Gasteiger partial charge in [0, 0.05) is 26.6 Å². The second-order valence-electron chi connectivity index (χ2n) is 6.09. The Morgan fingerprint density at radius 2 is 1.84 bits per heavy atom. The van der Waals surface area contributed by atoms with Crippen molar-refractivity contribution in [3.05, 3.63) is 35.9 Å². The fourth-order valence-electron chi connectivity index (χ4n) is 2.28. The molecule has 1 aromatic carbocycles. The minimum atomic E-state index is -1.05. The number of amides is 3. The summed E-state index contributed by atoms with van der Waals surface area (Å²) in [7, 11) is 1.67. The molecule has 7 nitrogen and oxygen atoms in total. The van der Waals surface area contributed by atoms with Gasteiger partial charge in [-0.3, -0.25) is 4.79 Å². The summed E-state index contributed by atoms with van der Waals surface area (Å²) in [4.78, 5) is 36.6. The average molecular weight is 349 g/mol. The van der Waals surface area contributed by atoms with Crippen LogP contribution in [0.1, 0.15) is 32.3 Å². The Kier molecular flexibility index (Phi) is 8.46. The fraction of sp³-hybridized carbons (Fsp3) is 0.500. The van der Waals surface area contributed by atoms with E-state index in [1.807, 2.05) is 37.3 Å². The van der Waals surface area contributed by atoms with Crippen molar-refractivity contribution in [3.63, 3.8) is 0 Å². The zero-order valence-electron chi connectivity index (χ0n) is 15.0. The molecule has 0 spiro atoms. The number of carbonyl (C=O) groups excluding carboxylic acids is 2. The minimum absolute atomic E-state index is 0.0329. The molecule has 0 heterocycles. The Labute approximate surface area is 148 Å². The molecular formula is C18H27N3O4. The van der Waals surface area contributed by atoms with Gasteiger partial charge in [-0.15, -0.1) is 0 Å². The maximum atomic E-state index is 12.0. The van der Waals surface area contributed by atoms with Crippen LogP contribution in [0, 0.1) is 5.92 Å². The monoisotopic (exact) mass is 349 g/mol. The molecule has 1 aromatic rings. The molecular weight excluding hydrogens is 322 g/mol. The van der Waals surface area contributed by atoms with E-state index in [0.717, 1.165) is 5.56 Å². The van der Waals surface area contributed by atoms with E-state index in [4.69, 9.17) is 5.11 Å². The summed E-state index contributed by atoms with van der Waals surface area (Å²) >= 11 is 0. The van der Waals surface area contributed by atoms with E-state index in [1.54, 1.807) is 14.0 Å². The molecule has 25 heavy (non-hydrogen) atoms. The molecule has 0 radical (unpaired) electrons. The third-order valence-corrected chi connectivity index (χ3v) is 4.03. The van der Waals surface area contributed by atoms with E-state index >= 15 is 0 Å². The molecule has 7 heteroatoms. The first-order valence-corrected chi connectivity index (χ1v) is 8.40. The molecule has 3 amide bonds. The first kappa shape index (κ1) is 20.5. The quantitative estimate of drug-likeness (QED) is 0.633. The molecule has 2 atom stereocenters. The van der Waals surface area contributed by atoms with Gasteiger partial charge < -0.3 is 20.6 Å². The minimum Gasteiger partial charge on any atom is -0.480 e. The van der Waals surface area contributed by atoms with Crippen LogP contribution < -0.4 is 10.6 Å². The van der Waals surface area contributed by atoms with Crippen LogP contribution in [0.3, 0.4) is 0 Å². The molecule has 0 aliphatic rings. The predicted molar refractivity (Wildman–Crippen MR) is 94.9 cm³/mol. The number of aliphatic carboxylic acids is 1. The van der Waals surface area contributed by atoms with Crippen LogP contribution in [0.25, 0.3) is 0 Å². The van der Waals surface area contributed by atoms with Crippen LogP contribution in [0.2, 0.25) is 0 Å². The second-order valence-corrected chi connectivity index (χ2v) is 6.09. The van der Waals surface area contributed by atoms with Crippen LogP contribution in [0.4, 0.5) is 4.79 Å². The molecule has 0 bridgehead atoms. The summed E-state index contributed by atoms with van der Waals surface area (Å²) < 4.78 is 0.